The van der Waals surface area contributed by atoms with Crippen molar-refractivity contribution in [1.29, 1.82) is 0 Å². The Hall–Kier alpha value is -1.02. The van der Waals surface area contributed by atoms with Gasteiger partial charge in [-0.05, 0) is 44.7 Å². The molecule has 0 aliphatic heterocycles. The zero-order valence-electron chi connectivity index (χ0n) is 12.4. The van der Waals surface area contributed by atoms with Crippen LogP contribution in [0.1, 0.15) is 44.6 Å². The van der Waals surface area contributed by atoms with Crippen molar-refractivity contribution in [3.05, 3.63) is 29.8 Å². The van der Waals surface area contributed by atoms with Crippen molar-refractivity contribution in [2.75, 3.05) is 18.0 Å². The van der Waals surface area contributed by atoms with E-state index >= 15 is 0 Å². The molecule has 1 saturated carbocycles. The summed E-state index contributed by atoms with van der Waals surface area (Å²) in [4.78, 5) is 2.51. The van der Waals surface area contributed by atoms with Gasteiger partial charge in [-0.15, -0.1) is 0 Å². The van der Waals surface area contributed by atoms with Crippen molar-refractivity contribution in [2.24, 2.45) is 11.7 Å². The number of likely N-dealkylation sites (N-methyl/N-ethyl adjacent to an activating group) is 1. The van der Waals surface area contributed by atoms with Crippen LogP contribution >= 0.6 is 0 Å². The van der Waals surface area contributed by atoms with Gasteiger partial charge in [-0.25, -0.2) is 0 Å². The zero-order chi connectivity index (χ0) is 13.7. The second kappa shape index (κ2) is 6.95. The maximum absolute atomic E-state index is 6.11. The number of aryl methyl sites for hydroxylation is 1. The summed E-state index contributed by atoms with van der Waals surface area (Å²) in [6.45, 7) is 6.20. The highest BCUT2D eigenvalue weighted by Gasteiger charge is 2.27. The molecule has 1 unspecified atom stereocenters. The first kappa shape index (κ1) is 14.4. The van der Waals surface area contributed by atoms with E-state index in [1.165, 1.54) is 43.4 Å². The molecule has 0 spiro atoms. The van der Waals surface area contributed by atoms with Gasteiger partial charge in [0, 0.05) is 24.8 Å². The Morgan fingerprint density at radius 2 is 1.79 bits per heavy atom. The molecule has 19 heavy (non-hydrogen) atoms. The largest absolute Gasteiger partial charge is 0.367 e. The van der Waals surface area contributed by atoms with Crippen molar-refractivity contribution < 1.29 is 0 Å². The van der Waals surface area contributed by atoms with E-state index in [0.717, 1.165) is 19.0 Å². The Morgan fingerprint density at radius 1 is 1.16 bits per heavy atom. The Balaban J connectivity index is 2.15. The highest BCUT2D eigenvalue weighted by Crippen LogP contribution is 2.31. The summed E-state index contributed by atoms with van der Waals surface area (Å²) < 4.78 is 0. The van der Waals surface area contributed by atoms with Crippen LogP contribution in [0.5, 0.6) is 0 Å². The van der Waals surface area contributed by atoms with Crippen molar-refractivity contribution >= 4 is 5.69 Å². The van der Waals surface area contributed by atoms with Gasteiger partial charge in [0.1, 0.15) is 0 Å². The van der Waals surface area contributed by atoms with Gasteiger partial charge in [0.05, 0.1) is 0 Å². The minimum absolute atomic E-state index is 0.507. The van der Waals surface area contributed by atoms with Crippen LogP contribution in [0, 0.1) is 12.8 Å². The van der Waals surface area contributed by atoms with E-state index in [2.05, 4.69) is 43.0 Å². The van der Waals surface area contributed by atoms with Gasteiger partial charge >= 0.3 is 0 Å². The normalized spacial score (nSPS) is 18.3. The van der Waals surface area contributed by atoms with Crippen LogP contribution in [0.25, 0.3) is 0 Å². The molecule has 1 aromatic rings. The van der Waals surface area contributed by atoms with Crippen molar-refractivity contribution in [1.82, 2.24) is 0 Å². The lowest BCUT2D eigenvalue weighted by Gasteiger charge is -2.39. The lowest BCUT2D eigenvalue weighted by Crippen LogP contribution is -2.46. The molecule has 1 atom stereocenters. The molecule has 0 amide bonds. The molecule has 2 heteroatoms. The monoisotopic (exact) mass is 260 g/mol. The fourth-order valence-electron chi connectivity index (χ4n) is 3.44. The molecule has 0 saturated heterocycles. The van der Waals surface area contributed by atoms with Gasteiger partial charge in [0.25, 0.3) is 0 Å². The summed E-state index contributed by atoms with van der Waals surface area (Å²) in [7, 11) is 0. The van der Waals surface area contributed by atoms with E-state index < -0.39 is 0 Å². The summed E-state index contributed by atoms with van der Waals surface area (Å²) in [5.74, 6) is 0.778. The quantitative estimate of drug-likeness (QED) is 0.874. The maximum atomic E-state index is 6.11. The predicted molar refractivity (Wildman–Crippen MR) is 83.6 cm³/mol. The second-order valence-electron chi connectivity index (χ2n) is 5.82. The van der Waals surface area contributed by atoms with Crippen molar-refractivity contribution in [2.45, 2.75) is 52.0 Å². The highest BCUT2D eigenvalue weighted by molar-refractivity contribution is 5.48. The van der Waals surface area contributed by atoms with Crippen LogP contribution in [0.3, 0.4) is 0 Å². The maximum Gasteiger partial charge on any atom is 0.0440 e. The number of nitrogens with zero attached hydrogens (tertiary/aromatic N) is 1. The number of rotatable bonds is 5. The highest BCUT2D eigenvalue weighted by atomic mass is 15.2. The lowest BCUT2D eigenvalue weighted by atomic mass is 9.83. The third kappa shape index (κ3) is 3.50. The SMILES string of the molecule is CCN(c1ccc(C)cc1)C(CN)C1CCCCC1. The third-order valence-electron chi connectivity index (χ3n) is 4.54. The Morgan fingerprint density at radius 3 is 2.32 bits per heavy atom. The third-order valence-corrected chi connectivity index (χ3v) is 4.54. The van der Waals surface area contributed by atoms with E-state index in [9.17, 15) is 0 Å². The van der Waals surface area contributed by atoms with Gasteiger partial charge in [-0.2, -0.15) is 0 Å². The molecule has 0 radical (unpaired) electrons. The molecular weight excluding hydrogens is 232 g/mol. The predicted octanol–water partition coefficient (Wildman–Crippen LogP) is 3.73. The molecule has 0 aromatic heterocycles. The molecule has 1 fully saturated rings. The van der Waals surface area contributed by atoms with E-state index in [1.54, 1.807) is 0 Å². The second-order valence-corrected chi connectivity index (χ2v) is 5.82. The molecule has 1 aliphatic rings. The van der Waals surface area contributed by atoms with E-state index in [4.69, 9.17) is 5.73 Å². The van der Waals surface area contributed by atoms with Gasteiger partial charge in [-0.1, -0.05) is 37.0 Å². The fraction of sp³-hybridized carbons (Fsp3) is 0.647. The standard InChI is InChI=1S/C17H28N2/c1-3-19(16-11-9-14(2)10-12-16)17(13-18)15-7-5-4-6-8-15/h9-12,15,17H,3-8,13,18H2,1-2H3. The molecule has 106 valence electrons. The topological polar surface area (TPSA) is 29.3 Å². The number of hydrogen-bond acceptors (Lipinski definition) is 2. The average Bonchev–Trinajstić information content (AvgIpc) is 2.47. The summed E-state index contributed by atoms with van der Waals surface area (Å²) in [6, 6.07) is 9.39. The average molecular weight is 260 g/mol. The number of benzene rings is 1. The van der Waals surface area contributed by atoms with E-state index in [1.807, 2.05) is 0 Å². The van der Waals surface area contributed by atoms with Crippen LogP contribution in [-0.2, 0) is 0 Å². The first-order valence-electron chi connectivity index (χ1n) is 7.79. The van der Waals surface area contributed by atoms with Gasteiger partial charge in [0.15, 0.2) is 0 Å². The van der Waals surface area contributed by atoms with Crippen LogP contribution < -0.4 is 10.6 Å². The van der Waals surface area contributed by atoms with Crippen molar-refractivity contribution in [3.63, 3.8) is 0 Å². The van der Waals surface area contributed by atoms with Crippen molar-refractivity contribution in [3.8, 4) is 0 Å². The molecule has 0 heterocycles. The Kier molecular flexibility index (Phi) is 5.26. The first-order chi connectivity index (χ1) is 9.26. The molecule has 1 aromatic carbocycles. The molecule has 2 rings (SSSR count). The van der Waals surface area contributed by atoms with Crippen LogP contribution in [-0.4, -0.2) is 19.1 Å². The zero-order valence-corrected chi connectivity index (χ0v) is 12.4. The smallest absolute Gasteiger partial charge is 0.0440 e. The van der Waals surface area contributed by atoms with Crippen LogP contribution in [0.2, 0.25) is 0 Å². The minimum atomic E-state index is 0.507. The summed E-state index contributed by atoms with van der Waals surface area (Å²) in [6.07, 6.45) is 6.87. The molecule has 1 aliphatic carbocycles. The Labute approximate surface area is 118 Å². The number of hydrogen-bond donors (Lipinski definition) is 1. The molecule has 2 nitrogen and oxygen atoms in total. The fourth-order valence-corrected chi connectivity index (χ4v) is 3.44. The van der Waals surface area contributed by atoms with E-state index in [-0.39, 0.29) is 0 Å². The molecule has 0 bridgehead atoms. The summed E-state index contributed by atoms with van der Waals surface area (Å²) in [5, 5.41) is 0. The van der Waals surface area contributed by atoms with E-state index in [0.29, 0.717) is 6.04 Å². The van der Waals surface area contributed by atoms with Crippen LogP contribution in [0.15, 0.2) is 24.3 Å². The molecular formula is C17H28N2. The Bertz CT molecular complexity index is 365. The first-order valence-corrected chi connectivity index (χ1v) is 7.79. The summed E-state index contributed by atoms with van der Waals surface area (Å²) in [5.41, 5.74) is 8.75. The number of anilines is 1. The van der Waals surface area contributed by atoms with Gasteiger partial charge in [-0.3, -0.25) is 0 Å². The molecule has 2 N–H and O–H groups in total. The van der Waals surface area contributed by atoms with Gasteiger partial charge < -0.3 is 10.6 Å². The van der Waals surface area contributed by atoms with Gasteiger partial charge in [0.2, 0.25) is 0 Å². The number of nitrogens with two attached hydrogens (primary N) is 1. The van der Waals surface area contributed by atoms with Crippen LogP contribution in [0.4, 0.5) is 5.69 Å². The summed E-state index contributed by atoms with van der Waals surface area (Å²) >= 11 is 0. The minimum Gasteiger partial charge on any atom is -0.367 e. The lowest BCUT2D eigenvalue weighted by molar-refractivity contribution is 0.297.